The highest BCUT2D eigenvalue weighted by atomic mass is 32.1. The maximum absolute atomic E-state index is 12.3. The number of hydroxylamine groups is 1. The first kappa shape index (κ1) is 20.1. The van der Waals surface area contributed by atoms with Crippen molar-refractivity contribution in [2.24, 2.45) is 0 Å². The first-order valence-electron chi connectivity index (χ1n) is 9.80. The van der Waals surface area contributed by atoms with Crippen LogP contribution in [0, 0.1) is 11.8 Å². The van der Waals surface area contributed by atoms with Gasteiger partial charge in [-0.15, -0.1) is 17.3 Å². The number of H-pyrrole nitrogens is 1. The third kappa shape index (κ3) is 4.50. The average Bonchev–Trinajstić information content (AvgIpc) is 3.45. The molecule has 4 rings (SSSR count). The minimum absolute atomic E-state index is 0.127. The van der Waals surface area contributed by atoms with E-state index in [1.165, 1.54) is 6.42 Å². The molecule has 0 unspecified atom stereocenters. The second-order valence-electron chi connectivity index (χ2n) is 6.77. The molecule has 154 valence electrons. The Bertz CT molecular complexity index is 1060. The molecule has 1 amide bonds. The van der Waals surface area contributed by atoms with Crippen molar-refractivity contribution in [2.45, 2.75) is 26.2 Å². The van der Waals surface area contributed by atoms with Gasteiger partial charge in [0, 0.05) is 31.0 Å². The number of amides is 1. The van der Waals surface area contributed by atoms with Crippen LogP contribution in [0.1, 0.15) is 36.7 Å². The van der Waals surface area contributed by atoms with Crippen molar-refractivity contribution in [3.05, 3.63) is 36.3 Å². The van der Waals surface area contributed by atoms with Crippen LogP contribution >= 0.6 is 11.3 Å². The summed E-state index contributed by atoms with van der Waals surface area (Å²) in [5.74, 6) is 5.91. The lowest BCUT2D eigenvalue weighted by Gasteiger charge is -2.27. The summed E-state index contributed by atoms with van der Waals surface area (Å²) in [6.07, 6.45) is 7.09. The number of nitrogens with one attached hydrogen (secondary N) is 2. The number of carbonyl (C=O) groups excluding carboxylic acids is 1. The zero-order chi connectivity index (χ0) is 20.8. The Kier molecular flexibility index (Phi) is 6.37. The predicted octanol–water partition coefficient (Wildman–Crippen LogP) is 3.27. The molecule has 8 nitrogen and oxygen atoms in total. The Labute approximate surface area is 178 Å². The van der Waals surface area contributed by atoms with Gasteiger partial charge in [0.25, 0.3) is 5.91 Å². The van der Waals surface area contributed by atoms with Crippen LogP contribution < -0.4 is 10.4 Å². The molecule has 0 saturated carbocycles. The smallest absolute Gasteiger partial charge is 0.295 e. The van der Waals surface area contributed by atoms with Gasteiger partial charge in [0.05, 0.1) is 10.6 Å². The Morgan fingerprint density at radius 1 is 1.37 bits per heavy atom. The van der Waals surface area contributed by atoms with Gasteiger partial charge in [0.2, 0.25) is 0 Å². The lowest BCUT2D eigenvalue weighted by molar-refractivity contribution is 0.0433. The van der Waals surface area contributed by atoms with Crippen molar-refractivity contribution in [1.82, 2.24) is 25.6 Å². The Morgan fingerprint density at radius 3 is 3.00 bits per heavy atom. The highest BCUT2D eigenvalue weighted by Gasteiger charge is 2.23. The van der Waals surface area contributed by atoms with Gasteiger partial charge in [0.15, 0.2) is 5.69 Å². The number of aromatic amines is 1. The van der Waals surface area contributed by atoms with E-state index in [0.717, 1.165) is 52.9 Å². The molecule has 1 fully saturated rings. The summed E-state index contributed by atoms with van der Waals surface area (Å²) in [7, 11) is 0. The molecule has 3 aromatic rings. The van der Waals surface area contributed by atoms with Crippen LogP contribution in [0.15, 0.2) is 30.6 Å². The minimum atomic E-state index is -0.424. The van der Waals surface area contributed by atoms with Crippen molar-refractivity contribution in [1.29, 1.82) is 0 Å². The zero-order valence-electron chi connectivity index (χ0n) is 16.6. The number of thiazole rings is 1. The van der Waals surface area contributed by atoms with Crippen LogP contribution in [0.3, 0.4) is 0 Å². The van der Waals surface area contributed by atoms with Crippen molar-refractivity contribution in [3.63, 3.8) is 0 Å². The lowest BCUT2D eigenvalue weighted by Crippen LogP contribution is -2.30. The van der Waals surface area contributed by atoms with Crippen LogP contribution in [0.4, 0.5) is 5.82 Å². The summed E-state index contributed by atoms with van der Waals surface area (Å²) < 4.78 is 0. The van der Waals surface area contributed by atoms with Crippen LogP contribution in [0.5, 0.6) is 0 Å². The number of aromatic nitrogens is 4. The summed E-state index contributed by atoms with van der Waals surface area (Å²) in [4.78, 5) is 29.7. The molecular formula is C21H22N6O2S. The quantitative estimate of drug-likeness (QED) is 0.360. The van der Waals surface area contributed by atoms with Gasteiger partial charge in [-0.3, -0.25) is 19.7 Å². The van der Waals surface area contributed by atoms with E-state index in [1.807, 2.05) is 18.3 Å². The van der Waals surface area contributed by atoms with E-state index in [-0.39, 0.29) is 12.3 Å². The van der Waals surface area contributed by atoms with E-state index in [9.17, 15) is 4.79 Å². The highest BCUT2D eigenvalue weighted by molar-refractivity contribution is 7.19. The molecular weight excluding hydrogens is 400 g/mol. The molecule has 30 heavy (non-hydrogen) atoms. The summed E-state index contributed by atoms with van der Waals surface area (Å²) in [5.41, 5.74) is 4.32. The molecule has 1 saturated heterocycles. The fourth-order valence-electron chi connectivity index (χ4n) is 3.24. The maximum Gasteiger partial charge on any atom is 0.295 e. The van der Waals surface area contributed by atoms with Crippen LogP contribution in [0.25, 0.3) is 21.1 Å². The van der Waals surface area contributed by atoms with E-state index in [2.05, 4.69) is 37.4 Å². The summed E-state index contributed by atoms with van der Waals surface area (Å²) in [6, 6.07) is 5.62. The second kappa shape index (κ2) is 9.52. The first-order chi connectivity index (χ1) is 14.8. The molecule has 0 spiro atoms. The minimum Gasteiger partial charge on any atom is -0.355 e. The molecule has 0 bridgehead atoms. The number of hydrogen-bond donors (Lipinski definition) is 2. The van der Waals surface area contributed by atoms with Gasteiger partial charge in [-0.2, -0.15) is 5.10 Å². The molecule has 3 aromatic heterocycles. The normalized spacial score (nSPS) is 13.6. The van der Waals surface area contributed by atoms with Gasteiger partial charge in [-0.1, -0.05) is 5.92 Å². The molecule has 1 aliphatic rings. The SMILES string of the molecule is CC#CCONC(=O)c1cc(-c2sc(-c3cccnc3)nc2N2CCCCC2)[nH]n1. The molecule has 2 N–H and O–H groups in total. The van der Waals surface area contributed by atoms with Crippen molar-refractivity contribution < 1.29 is 9.63 Å². The van der Waals surface area contributed by atoms with Gasteiger partial charge in [-0.25, -0.2) is 10.5 Å². The van der Waals surface area contributed by atoms with Crippen molar-refractivity contribution in [2.75, 3.05) is 24.6 Å². The third-order valence-corrected chi connectivity index (χ3v) is 5.84. The van der Waals surface area contributed by atoms with E-state index in [0.29, 0.717) is 0 Å². The fraction of sp³-hybridized carbons (Fsp3) is 0.333. The Hall–Kier alpha value is -3.22. The zero-order valence-corrected chi connectivity index (χ0v) is 17.5. The van der Waals surface area contributed by atoms with Gasteiger partial charge in [0.1, 0.15) is 17.4 Å². The molecule has 1 aliphatic heterocycles. The number of pyridine rings is 1. The second-order valence-corrected chi connectivity index (χ2v) is 7.77. The van der Waals surface area contributed by atoms with Gasteiger partial charge < -0.3 is 4.90 Å². The fourth-order valence-corrected chi connectivity index (χ4v) is 4.28. The Balaban J connectivity index is 1.62. The molecule has 0 atom stereocenters. The number of piperidine rings is 1. The number of nitrogens with zero attached hydrogens (tertiary/aromatic N) is 4. The molecule has 0 radical (unpaired) electrons. The Morgan fingerprint density at radius 2 is 2.23 bits per heavy atom. The van der Waals surface area contributed by atoms with Crippen LogP contribution in [0.2, 0.25) is 0 Å². The van der Waals surface area contributed by atoms with Crippen molar-refractivity contribution in [3.8, 4) is 33.0 Å². The number of hydrogen-bond acceptors (Lipinski definition) is 7. The van der Waals surface area contributed by atoms with E-state index in [4.69, 9.17) is 9.82 Å². The van der Waals surface area contributed by atoms with Crippen LogP contribution in [-0.4, -0.2) is 45.8 Å². The van der Waals surface area contributed by atoms with E-state index in [1.54, 1.807) is 30.5 Å². The topological polar surface area (TPSA) is 96.0 Å². The maximum atomic E-state index is 12.3. The van der Waals surface area contributed by atoms with E-state index < -0.39 is 5.91 Å². The molecule has 0 aromatic carbocycles. The standard InChI is InChI=1S/C21H22N6O2S/c1-2-3-12-29-26-20(28)17-13-16(24-25-17)18-19(27-10-5-4-6-11-27)23-21(30-18)15-8-7-9-22-14-15/h7-9,13-14H,4-6,10-12H2,1H3,(H,24,25)(H,26,28). The first-order valence-corrected chi connectivity index (χ1v) is 10.6. The summed E-state index contributed by atoms with van der Waals surface area (Å²) >= 11 is 1.56. The lowest BCUT2D eigenvalue weighted by atomic mass is 10.1. The molecule has 9 heteroatoms. The summed E-state index contributed by atoms with van der Waals surface area (Å²) in [5, 5.41) is 8.03. The summed E-state index contributed by atoms with van der Waals surface area (Å²) in [6.45, 7) is 3.77. The van der Waals surface area contributed by atoms with Gasteiger partial charge >= 0.3 is 0 Å². The molecule has 0 aliphatic carbocycles. The monoisotopic (exact) mass is 422 g/mol. The van der Waals surface area contributed by atoms with Crippen LogP contribution in [-0.2, 0) is 4.84 Å². The van der Waals surface area contributed by atoms with Crippen molar-refractivity contribution >= 4 is 23.1 Å². The predicted molar refractivity (Wildman–Crippen MR) is 116 cm³/mol. The number of rotatable bonds is 6. The van der Waals surface area contributed by atoms with Gasteiger partial charge in [-0.05, 0) is 44.4 Å². The number of anilines is 1. The highest BCUT2D eigenvalue weighted by Crippen LogP contribution is 2.40. The third-order valence-electron chi connectivity index (χ3n) is 4.71. The molecule has 4 heterocycles. The largest absolute Gasteiger partial charge is 0.355 e. The average molecular weight is 423 g/mol. The number of carbonyl (C=O) groups is 1. The van der Waals surface area contributed by atoms with E-state index >= 15 is 0 Å².